The summed E-state index contributed by atoms with van der Waals surface area (Å²) in [5, 5.41) is 4.14. The summed E-state index contributed by atoms with van der Waals surface area (Å²) in [6, 6.07) is 19.1. The number of sulfonamides is 1. The number of anilines is 1. The Balaban J connectivity index is 1.69. The van der Waals surface area contributed by atoms with Crippen molar-refractivity contribution in [2.75, 3.05) is 10.8 Å². The minimum absolute atomic E-state index is 0.0576. The number of rotatable bonds is 11. The van der Waals surface area contributed by atoms with Crippen LogP contribution in [-0.4, -0.2) is 43.8 Å². The molecule has 0 bridgehead atoms. The van der Waals surface area contributed by atoms with Gasteiger partial charge in [0.25, 0.3) is 10.0 Å². The summed E-state index contributed by atoms with van der Waals surface area (Å²) < 4.78 is 29.0. The number of benzene rings is 3. The Labute approximate surface area is 258 Å². The van der Waals surface area contributed by atoms with Crippen molar-refractivity contribution in [3.63, 3.8) is 0 Å². The SMILES string of the molecule is CC[C@H](C(=O)NC1CCCCC1)N(Cc1ccc(Cl)cc1)C(=O)CN(c1ccc(Cl)cc1)S(=O)(=O)c1ccc(C)cc1. The van der Waals surface area contributed by atoms with Crippen LogP contribution < -0.4 is 9.62 Å². The van der Waals surface area contributed by atoms with Crippen molar-refractivity contribution in [3.05, 3.63) is 94.0 Å². The zero-order valence-corrected chi connectivity index (χ0v) is 26.3. The largest absolute Gasteiger partial charge is 0.352 e. The van der Waals surface area contributed by atoms with E-state index in [1.54, 1.807) is 60.7 Å². The number of carbonyl (C=O) groups excluding carboxylic acids is 2. The van der Waals surface area contributed by atoms with E-state index in [-0.39, 0.29) is 23.4 Å². The molecule has 10 heteroatoms. The molecule has 42 heavy (non-hydrogen) atoms. The number of hydrogen-bond donors (Lipinski definition) is 1. The number of aryl methyl sites for hydroxylation is 1. The van der Waals surface area contributed by atoms with Crippen LogP contribution in [0, 0.1) is 6.92 Å². The van der Waals surface area contributed by atoms with Gasteiger partial charge >= 0.3 is 0 Å². The fraction of sp³-hybridized carbons (Fsp3) is 0.375. The quantitative estimate of drug-likeness (QED) is 0.254. The molecule has 3 aromatic carbocycles. The van der Waals surface area contributed by atoms with Gasteiger partial charge in [-0.05, 0) is 80.3 Å². The van der Waals surface area contributed by atoms with Crippen LogP contribution in [0.15, 0.2) is 77.7 Å². The van der Waals surface area contributed by atoms with Crippen LogP contribution in [0.2, 0.25) is 10.0 Å². The van der Waals surface area contributed by atoms with E-state index in [0.29, 0.717) is 22.2 Å². The van der Waals surface area contributed by atoms with Crippen LogP contribution in [0.3, 0.4) is 0 Å². The third kappa shape index (κ3) is 8.06. The summed E-state index contributed by atoms with van der Waals surface area (Å²) in [6.45, 7) is 3.34. The van der Waals surface area contributed by atoms with Gasteiger partial charge in [0.1, 0.15) is 12.6 Å². The van der Waals surface area contributed by atoms with E-state index >= 15 is 0 Å². The highest BCUT2D eigenvalue weighted by molar-refractivity contribution is 7.92. The molecule has 1 N–H and O–H groups in total. The van der Waals surface area contributed by atoms with Gasteiger partial charge < -0.3 is 10.2 Å². The second kappa shape index (κ2) is 14.4. The molecule has 0 unspecified atom stereocenters. The second-order valence-electron chi connectivity index (χ2n) is 10.7. The lowest BCUT2D eigenvalue weighted by Gasteiger charge is -2.34. The first-order valence-corrected chi connectivity index (χ1v) is 16.5. The molecule has 1 aliphatic carbocycles. The number of carbonyl (C=O) groups is 2. The number of hydrogen-bond acceptors (Lipinski definition) is 4. The first-order valence-electron chi connectivity index (χ1n) is 14.3. The fourth-order valence-corrected chi connectivity index (χ4v) is 6.89. The summed E-state index contributed by atoms with van der Waals surface area (Å²) in [7, 11) is -4.14. The molecule has 0 aromatic heterocycles. The van der Waals surface area contributed by atoms with Gasteiger partial charge in [-0.2, -0.15) is 0 Å². The zero-order chi connectivity index (χ0) is 30.3. The highest BCUT2D eigenvalue weighted by Gasteiger charge is 2.34. The van der Waals surface area contributed by atoms with Crippen LogP contribution in [0.1, 0.15) is 56.6 Å². The monoisotopic (exact) mass is 629 g/mol. The maximum absolute atomic E-state index is 14.2. The lowest BCUT2D eigenvalue weighted by atomic mass is 9.95. The Morgan fingerprint density at radius 1 is 0.881 bits per heavy atom. The van der Waals surface area contributed by atoms with E-state index < -0.39 is 28.5 Å². The molecule has 0 aliphatic heterocycles. The molecule has 1 saturated carbocycles. The van der Waals surface area contributed by atoms with Crippen molar-refractivity contribution in [3.8, 4) is 0 Å². The first kappa shape index (κ1) is 31.9. The molecule has 1 fully saturated rings. The van der Waals surface area contributed by atoms with Gasteiger partial charge in [0.15, 0.2) is 0 Å². The molecule has 0 radical (unpaired) electrons. The van der Waals surface area contributed by atoms with Crippen molar-refractivity contribution in [1.82, 2.24) is 10.2 Å². The minimum atomic E-state index is -4.14. The average molecular weight is 631 g/mol. The molecular weight excluding hydrogens is 593 g/mol. The van der Waals surface area contributed by atoms with Gasteiger partial charge in [-0.1, -0.05) is 79.2 Å². The van der Waals surface area contributed by atoms with Gasteiger partial charge in [0, 0.05) is 22.6 Å². The van der Waals surface area contributed by atoms with E-state index in [9.17, 15) is 18.0 Å². The third-order valence-corrected chi connectivity index (χ3v) is 9.90. The Morgan fingerprint density at radius 2 is 1.45 bits per heavy atom. The summed E-state index contributed by atoms with van der Waals surface area (Å²) >= 11 is 12.2. The minimum Gasteiger partial charge on any atom is -0.352 e. The van der Waals surface area contributed by atoms with Crippen LogP contribution in [-0.2, 0) is 26.2 Å². The van der Waals surface area contributed by atoms with Crippen molar-refractivity contribution in [2.45, 2.75) is 75.9 Å². The second-order valence-corrected chi connectivity index (χ2v) is 13.5. The number of halogens is 2. The maximum Gasteiger partial charge on any atom is 0.264 e. The third-order valence-electron chi connectivity index (χ3n) is 7.61. The molecule has 1 atom stereocenters. The molecule has 4 rings (SSSR count). The highest BCUT2D eigenvalue weighted by atomic mass is 35.5. The van der Waals surface area contributed by atoms with Crippen molar-refractivity contribution in [2.24, 2.45) is 0 Å². The first-order chi connectivity index (χ1) is 20.1. The van der Waals surface area contributed by atoms with Gasteiger partial charge in [-0.15, -0.1) is 0 Å². The number of nitrogens with zero attached hydrogens (tertiary/aromatic N) is 2. The molecule has 3 aromatic rings. The number of amides is 2. The lowest BCUT2D eigenvalue weighted by Crippen LogP contribution is -2.54. The predicted molar refractivity (Wildman–Crippen MR) is 168 cm³/mol. The Bertz CT molecular complexity index is 1460. The van der Waals surface area contributed by atoms with E-state index in [4.69, 9.17) is 23.2 Å². The molecule has 2 amide bonds. The average Bonchev–Trinajstić information content (AvgIpc) is 2.98. The molecule has 224 valence electrons. The Kier molecular flexibility index (Phi) is 10.9. The maximum atomic E-state index is 14.2. The molecule has 0 spiro atoms. The van der Waals surface area contributed by atoms with Crippen LogP contribution in [0.5, 0.6) is 0 Å². The van der Waals surface area contributed by atoms with Gasteiger partial charge in [0.2, 0.25) is 11.8 Å². The molecular formula is C32H37Cl2N3O4S. The van der Waals surface area contributed by atoms with E-state index in [0.717, 1.165) is 47.5 Å². The topological polar surface area (TPSA) is 86.8 Å². The molecule has 0 saturated heterocycles. The highest BCUT2D eigenvalue weighted by Crippen LogP contribution is 2.27. The Morgan fingerprint density at radius 3 is 2.02 bits per heavy atom. The van der Waals surface area contributed by atoms with Crippen LogP contribution in [0.25, 0.3) is 0 Å². The normalized spacial score (nSPS) is 14.7. The van der Waals surface area contributed by atoms with Crippen molar-refractivity contribution in [1.29, 1.82) is 0 Å². The van der Waals surface area contributed by atoms with Gasteiger partial charge in [0.05, 0.1) is 10.6 Å². The molecule has 7 nitrogen and oxygen atoms in total. The summed E-state index contributed by atoms with van der Waals surface area (Å²) in [5.41, 5.74) is 1.97. The predicted octanol–water partition coefficient (Wildman–Crippen LogP) is 6.75. The van der Waals surface area contributed by atoms with Crippen molar-refractivity contribution >= 4 is 50.7 Å². The zero-order valence-electron chi connectivity index (χ0n) is 23.9. The van der Waals surface area contributed by atoms with E-state index in [1.807, 2.05) is 13.8 Å². The summed E-state index contributed by atoms with van der Waals surface area (Å²) in [5.74, 6) is -0.729. The summed E-state index contributed by atoms with van der Waals surface area (Å²) in [4.78, 5) is 29.3. The van der Waals surface area contributed by atoms with Gasteiger partial charge in [-0.25, -0.2) is 8.42 Å². The van der Waals surface area contributed by atoms with E-state index in [1.165, 1.54) is 17.0 Å². The van der Waals surface area contributed by atoms with E-state index in [2.05, 4.69) is 5.32 Å². The van der Waals surface area contributed by atoms with Crippen LogP contribution in [0.4, 0.5) is 5.69 Å². The standard InChI is InChI=1S/C32H37Cl2N3O4S/c1-3-30(32(39)35-27-7-5-4-6-8-27)36(21-24-11-13-25(33)14-12-24)31(38)22-37(28-17-15-26(34)16-18-28)42(40,41)29-19-9-23(2)10-20-29/h9-20,27,30H,3-8,21-22H2,1-2H3,(H,35,39)/t30-/m1/s1. The fourth-order valence-electron chi connectivity index (χ4n) is 5.22. The lowest BCUT2D eigenvalue weighted by molar-refractivity contribution is -0.140. The molecule has 0 heterocycles. The van der Waals surface area contributed by atoms with Gasteiger partial charge in [-0.3, -0.25) is 13.9 Å². The summed E-state index contributed by atoms with van der Waals surface area (Å²) in [6.07, 6.45) is 5.45. The molecule has 1 aliphatic rings. The smallest absolute Gasteiger partial charge is 0.264 e. The van der Waals surface area contributed by atoms with Crippen LogP contribution >= 0.6 is 23.2 Å². The number of nitrogens with one attached hydrogen (secondary N) is 1. The Hall–Kier alpha value is -3.07. The van der Waals surface area contributed by atoms with Crippen molar-refractivity contribution < 1.29 is 18.0 Å².